The van der Waals surface area contributed by atoms with Gasteiger partial charge in [-0.1, -0.05) is 32.6 Å². The molecule has 1 unspecified atom stereocenters. The molecule has 74 valence electrons. The molecule has 0 saturated carbocycles. The zero-order chi connectivity index (χ0) is 9.23. The zero-order valence-corrected chi connectivity index (χ0v) is 8.51. The van der Waals surface area contributed by atoms with E-state index in [1.165, 1.54) is 25.7 Å². The van der Waals surface area contributed by atoms with E-state index in [0.717, 1.165) is 19.4 Å². The summed E-state index contributed by atoms with van der Waals surface area (Å²) in [6.45, 7) is 3.03. The molecule has 0 aromatic rings. The van der Waals surface area contributed by atoms with E-state index in [4.69, 9.17) is 10.5 Å². The minimum atomic E-state index is 0.349. The number of nitrogens with two attached hydrogens (primary N) is 1. The number of hydrogen-bond acceptors (Lipinski definition) is 2. The van der Waals surface area contributed by atoms with Crippen molar-refractivity contribution in [2.75, 3.05) is 13.7 Å². The normalized spacial score (nSPS) is 13.2. The van der Waals surface area contributed by atoms with E-state index in [2.05, 4.69) is 6.92 Å². The van der Waals surface area contributed by atoms with Crippen molar-refractivity contribution in [2.24, 2.45) is 5.73 Å². The van der Waals surface area contributed by atoms with Crippen molar-refractivity contribution in [3.05, 3.63) is 0 Å². The van der Waals surface area contributed by atoms with E-state index in [-0.39, 0.29) is 0 Å². The molecule has 0 aliphatic carbocycles. The van der Waals surface area contributed by atoms with Crippen LogP contribution in [-0.4, -0.2) is 19.8 Å². The first kappa shape index (κ1) is 11.9. The van der Waals surface area contributed by atoms with Crippen molar-refractivity contribution in [1.82, 2.24) is 0 Å². The van der Waals surface area contributed by atoms with Crippen molar-refractivity contribution in [3.8, 4) is 0 Å². The maximum Gasteiger partial charge on any atom is 0.0477 e. The Morgan fingerprint density at radius 1 is 1.17 bits per heavy atom. The molecule has 0 aliphatic heterocycles. The Morgan fingerprint density at radius 2 is 1.92 bits per heavy atom. The summed E-state index contributed by atoms with van der Waals surface area (Å²) in [5.74, 6) is 0. The molecule has 0 rings (SSSR count). The predicted octanol–water partition coefficient (Wildman–Crippen LogP) is 2.32. The molecule has 12 heavy (non-hydrogen) atoms. The number of methoxy groups -OCH3 is 1. The van der Waals surface area contributed by atoms with E-state index >= 15 is 0 Å². The van der Waals surface area contributed by atoms with Gasteiger partial charge < -0.3 is 10.5 Å². The van der Waals surface area contributed by atoms with Gasteiger partial charge in [0.15, 0.2) is 0 Å². The lowest BCUT2D eigenvalue weighted by atomic mass is 10.1. The summed E-state index contributed by atoms with van der Waals surface area (Å²) >= 11 is 0. The van der Waals surface area contributed by atoms with Crippen LogP contribution in [0.15, 0.2) is 0 Å². The summed E-state index contributed by atoms with van der Waals surface area (Å²) in [6, 6.07) is 0.349. The predicted molar refractivity (Wildman–Crippen MR) is 53.2 cm³/mol. The molecule has 0 aliphatic rings. The van der Waals surface area contributed by atoms with Crippen molar-refractivity contribution < 1.29 is 4.74 Å². The molecule has 0 spiro atoms. The summed E-state index contributed by atoms with van der Waals surface area (Å²) in [4.78, 5) is 0. The Kier molecular flexibility index (Phi) is 8.95. The standard InChI is InChI=1S/C10H23NO/c1-3-4-5-6-7-10(11)8-9-12-2/h10H,3-9,11H2,1-2H3. The molecule has 2 heteroatoms. The third-order valence-electron chi connectivity index (χ3n) is 2.12. The fraction of sp³-hybridized carbons (Fsp3) is 1.00. The molecule has 0 aromatic heterocycles. The summed E-state index contributed by atoms with van der Waals surface area (Å²) in [5.41, 5.74) is 5.86. The monoisotopic (exact) mass is 173 g/mol. The highest BCUT2D eigenvalue weighted by Gasteiger charge is 2.00. The molecular weight excluding hydrogens is 150 g/mol. The van der Waals surface area contributed by atoms with Gasteiger partial charge in [-0.2, -0.15) is 0 Å². The lowest BCUT2D eigenvalue weighted by Gasteiger charge is -2.09. The number of hydrogen-bond donors (Lipinski definition) is 1. The first-order valence-electron chi connectivity index (χ1n) is 5.05. The first-order chi connectivity index (χ1) is 5.81. The topological polar surface area (TPSA) is 35.2 Å². The van der Waals surface area contributed by atoms with Crippen molar-refractivity contribution in [1.29, 1.82) is 0 Å². The number of rotatable bonds is 8. The second-order valence-electron chi connectivity index (χ2n) is 3.39. The largest absolute Gasteiger partial charge is 0.385 e. The SMILES string of the molecule is CCCCCCC(N)CCOC. The quantitative estimate of drug-likeness (QED) is 0.572. The van der Waals surface area contributed by atoms with E-state index in [1.54, 1.807) is 7.11 Å². The van der Waals surface area contributed by atoms with Crippen LogP contribution in [0, 0.1) is 0 Å². The molecule has 2 nitrogen and oxygen atoms in total. The number of unbranched alkanes of at least 4 members (excludes halogenated alkanes) is 3. The minimum Gasteiger partial charge on any atom is -0.385 e. The second-order valence-corrected chi connectivity index (χ2v) is 3.39. The molecule has 0 heterocycles. The Balaban J connectivity index is 3.02. The average Bonchev–Trinajstić information content (AvgIpc) is 2.09. The third kappa shape index (κ3) is 8.02. The van der Waals surface area contributed by atoms with E-state index in [0.29, 0.717) is 6.04 Å². The van der Waals surface area contributed by atoms with Crippen molar-refractivity contribution >= 4 is 0 Å². The highest BCUT2D eigenvalue weighted by Crippen LogP contribution is 2.06. The molecule has 0 saturated heterocycles. The Morgan fingerprint density at radius 3 is 2.50 bits per heavy atom. The third-order valence-corrected chi connectivity index (χ3v) is 2.12. The molecule has 0 fully saturated rings. The summed E-state index contributed by atoms with van der Waals surface area (Å²) in [5, 5.41) is 0. The molecule has 2 N–H and O–H groups in total. The van der Waals surface area contributed by atoms with Gasteiger partial charge in [0.2, 0.25) is 0 Å². The van der Waals surface area contributed by atoms with Gasteiger partial charge in [-0.15, -0.1) is 0 Å². The van der Waals surface area contributed by atoms with E-state index in [9.17, 15) is 0 Å². The van der Waals surface area contributed by atoms with Crippen molar-refractivity contribution in [2.45, 2.75) is 51.5 Å². The maximum atomic E-state index is 5.86. The minimum absolute atomic E-state index is 0.349. The first-order valence-corrected chi connectivity index (χ1v) is 5.05. The second kappa shape index (κ2) is 9.01. The van der Waals surface area contributed by atoms with Gasteiger partial charge in [0.05, 0.1) is 0 Å². The van der Waals surface area contributed by atoms with Gasteiger partial charge >= 0.3 is 0 Å². The molecule has 0 radical (unpaired) electrons. The molecule has 0 bridgehead atoms. The van der Waals surface area contributed by atoms with E-state index < -0.39 is 0 Å². The zero-order valence-electron chi connectivity index (χ0n) is 8.51. The molecular formula is C10H23NO. The van der Waals surface area contributed by atoms with Crippen LogP contribution in [0.3, 0.4) is 0 Å². The highest BCUT2D eigenvalue weighted by atomic mass is 16.5. The van der Waals surface area contributed by atoms with Crippen LogP contribution < -0.4 is 5.73 Å². The van der Waals surface area contributed by atoms with Crippen LogP contribution in [-0.2, 0) is 4.74 Å². The van der Waals surface area contributed by atoms with Gasteiger partial charge in [0, 0.05) is 19.8 Å². The summed E-state index contributed by atoms with van der Waals surface area (Å²) in [7, 11) is 1.73. The molecule has 0 amide bonds. The maximum absolute atomic E-state index is 5.86. The van der Waals surface area contributed by atoms with Gasteiger partial charge in [-0.3, -0.25) is 0 Å². The van der Waals surface area contributed by atoms with Crippen LogP contribution in [0.25, 0.3) is 0 Å². The van der Waals surface area contributed by atoms with Crippen LogP contribution in [0.4, 0.5) is 0 Å². The lowest BCUT2D eigenvalue weighted by molar-refractivity contribution is 0.186. The van der Waals surface area contributed by atoms with Gasteiger partial charge in [-0.25, -0.2) is 0 Å². The smallest absolute Gasteiger partial charge is 0.0477 e. The Labute approximate surface area is 76.5 Å². The average molecular weight is 173 g/mol. The summed E-state index contributed by atoms with van der Waals surface area (Å²) in [6.07, 6.45) is 7.41. The van der Waals surface area contributed by atoms with E-state index in [1.807, 2.05) is 0 Å². The number of ether oxygens (including phenoxy) is 1. The molecule has 0 aromatic carbocycles. The molecule has 1 atom stereocenters. The van der Waals surface area contributed by atoms with Crippen LogP contribution >= 0.6 is 0 Å². The van der Waals surface area contributed by atoms with Crippen LogP contribution in [0.1, 0.15) is 45.4 Å². The fourth-order valence-electron chi connectivity index (χ4n) is 1.25. The van der Waals surface area contributed by atoms with Gasteiger partial charge in [-0.05, 0) is 12.8 Å². The Hall–Kier alpha value is -0.0800. The lowest BCUT2D eigenvalue weighted by Crippen LogP contribution is -2.21. The van der Waals surface area contributed by atoms with Gasteiger partial charge in [0.25, 0.3) is 0 Å². The van der Waals surface area contributed by atoms with Crippen LogP contribution in [0.2, 0.25) is 0 Å². The van der Waals surface area contributed by atoms with Crippen LogP contribution in [0.5, 0.6) is 0 Å². The fourth-order valence-corrected chi connectivity index (χ4v) is 1.25. The highest BCUT2D eigenvalue weighted by molar-refractivity contribution is 4.60. The van der Waals surface area contributed by atoms with Crippen molar-refractivity contribution in [3.63, 3.8) is 0 Å². The van der Waals surface area contributed by atoms with Gasteiger partial charge in [0.1, 0.15) is 0 Å². The Bertz CT molecular complexity index is 85.9. The summed E-state index contributed by atoms with van der Waals surface area (Å²) < 4.78 is 4.96.